The van der Waals surface area contributed by atoms with E-state index in [0.29, 0.717) is 22.6 Å². The van der Waals surface area contributed by atoms with E-state index in [0.717, 1.165) is 45.7 Å². The van der Waals surface area contributed by atoms with Crippen LogP contribution >= 0.6 is 11.3 Å². The van der Waals surface area contributed by atoms with Gasteiger partial charge in [-0.3, -0.25) is 24.0 Å². The van der Waals surface area contributed by atoms with Crippen molar-refractivity contribution < 1.29 is 27.9 Å². The van der Waals surface area contributed by atoms with Crippen molar-refractivity contribution in [3.8, 4) is 16.3 Å². The standard InChI is InChI=1S/C19H20F2N2O2.C11H10N2O2S/c1-4-6-17-16(5-2)18(24)23(19(17)25)11-15(22-3)9-12-7-13(20)10-14(21)8-12;1-7-5-12-13-2-3-15-11-9(10(7)13)4-8(6-14)16-11/h4-8,10,15,22H,2,9,11H2,1,3H3;4-6H,2-3H2,1H3/b6-4-;. The molecular formula is C30H30F2N4O4S. The van der Waals surface area contributed by atoms with Crippen LogP contribution in [0.15, 0.2) is 66.4 Å². The molecule has 11 heteroatoms. The number of amides is 2. The number of thiophene rings is 1. The second-order valence-electron chi connectivity index (χ2n) is 9.44. The number of aldehydes is 1. The lowest BCUT2D eigenvalue weighted by molar-refractivity contribution is -0.137. The summed E-state index contributed by atoms with van der Waals surface area (Å²) in [7, 11) is 1.67. The van der Waals surface area contributed by atoms with Gasteiger partial charge in [0, 0.05) is 18.7 Å². The van der Waals surface area contributed by atoms with Crippen LogP contribution in [0.5, 0.6) is 5.06 Å². The van der Waals surface area contributed by atoms with E-state index >= 15 is 0 Å². The zero-order valence-corrected chi connectivity index (χ0v) is 23.8. The maximum atomic E-state index is 13.3. The fraction of sp³-hybridized carbons (Fsp3) is 0.267. The van der Waals surface area contributed by atoms with Crippen LogP contribution in [0, 0.1) is 18.6 Å². The lowest BCUT2D eigenvalue weighted by Crippen LogP contribution is -2.44. The molecule has 0 fully saturated rings. The van der Waals surface area contributed by atoms with Gasteiger partial charge >= 0.3 is 0 Å². The molecule has 5 rings (SSSR count). The fourth-order valence-electron chi connectivity index (χ4n) is 4.74. The molecule has 8 nitrogen and oxygen atoms in total. The van der Waals surface area contributed by atoms with E-state index in [1.54, 1.807) is 26.1 Å². The third kappa shape index (κ3) is 6.41. The maximum absolute atomic E-state index is 13.3. The van der Waals surface area contributed by atoms with E-state index in [-0.39, 0.29) is 24.6 Å². The van der Waals surface area contributed by atoms with E-state index in [1.165, 1.54) is 29.5 Å². The Bertz CT molecular complexity index is 1540. The topological polar surface area (TPSA) is 93.5 Å². The van der Waals surface area contributed by atoms with Crippen molar-refractivity contribution in [2.75, 3.05) is 20.2 Å². The predicted molar refractivity (Wildman–Crippen MR) is 153 cm³/mol. The Labute approximate surface area is 240 Å². The Kier molecular flexibility index (Phi) is 9.41. The zero-order valence-electron chi connectivity index (χ0n) is 22.9. The Balaban J connectivity index is 0.000000206. The van der Waals surface area contributed by atoms with Gasteiger partial charge in [0.15, 0.2) is 11.3 Å². The molecule has 41 heavy (non-hydrogen) atoms. The summed E-state index contributed by atoms with van der Waals surface area (Å²) >= 11 is 1.39. The summed E-state index contributed by atoms with van der Waals surface area (Å²) in [4.78, 5) is 37.5. The highest BCUT2D eigenvalue weighted by atomic mass is 32.1. The number of hydrogen-bond donors (Lipinski definition) is 1. The summed E-state index contributed by atoms with van der Waals surface area (Å²) in [5.74, 6) is -2.14. The van der Waals surface area contributed by atoms with Gasteiger partial charge in [0.05, 0.1) is 40.0 Å². The molecule has 0 radical (unpaired) electrons. The average molecular weight is 581 g/mol. The van der Waals surface area contributed by atoms with Crippen LogP contribution in [0.3, 0.4) is 0 Å². The quantitative estimate of drug-likeness (QED) is 0.308. The second kappa shape index (κ2) is 13.0. The monoisotopic (exact) mass is 580 g/mol. The van der Waals surface area contributed by atoms with Gasteiger partial charge in [-0.25, -0.2) is 8.78 Å². The highest BCUT2D eigenvalue weighted by Gasteiger charge is 2.36. The number of fused-ring (bicyclic) bond motifs is 3. The number of carbonyl (C=O) groups is 3. The molecule has 214 valence electrons. The largest absolute Gasteiger partial charge is 0.481 e. The molecule has 3 aromatic rings. The minimum absolute atomic E-state index is 0.0880. The number of rotatable bonds is 8. The molecule has 2 aliphatic heterocycles. The molecule has 2 aromatic heterocycles. The van der Waals surface area contributed by atoms with Crippen LogP contribution in [0.4, 0.5) is 8.78 Å². The highest BCUT2D eigenvalue weighted by molar-refractivity contribution is 7.16. The first-order chi connectivity index (χ1) is 19.7. The first-order valence-corrected chi connectivity index (χ1v) is 13.7. The number of ether oxygens (including phenoxy) is 1. The molecule has 4 heterocycles. The highest BCUT2D eigenvalue weighted by Crippen LogP contribution is 2.40. The van der Waals surface area contributed by atoms with Crippen molar-refractivity contribution in [1.82, 2.24) is 20.0 Å². The number of allylic oxidation sites excluding steroid dienone is 1. The van der Waals surface area contributed by atoms with E-state index in [1.807, 2.05) is 23.9 Å². The summed E-state index contributed by atoms with van der Waals surface area (Å²) in [6, 6.07) is 4.80. The molecule has 2 amide bonds. The van der Waals surface area contributed by atoms with Gasteiger partial charge in [0.1, 0.15) is 18.2 Å². The Hall–Kier alpha value is -4.22. The van der Waals surface area contributed by atoms with Gasteiger partial charge < -0.3 is 10.1 Å². The van der Waals surface area contributed by atoms with Crippen molar-refractivity contribution >= 4 is 29.4 Å². The maximum Gasteiger partial charge on any atom is 0.261 e. The molecule has 0 bridgehead atoms. The fourth-order valence-corrected chi connectivity index (χ4v) is 5.59. The van der Waals surface area contributed by atoms with Crippen LogP contribution in [-0.2, 0) is 22.6 Å². The van der Waals surface area contributed by atoms with Crippen molar-refractivity contribution in [2.45, 2.75) is 32.9 Å². The van der Waals surface area contributed by atoms with E-state index in [9.17, 15) is 23.2 Å². The summed E-state index contributed by atoms with van der Waals surface area (Å²) in [5.41, 5.74) is 4.17. The van der Waals surface area contributed by atoms with Crippen LogP contribution < -0.4 is 10.1 Å². The van der Waals surface area contributed by atoms with Crippen LogP contribution in [0.1, 0.15) is 27.7 Å². The number of hydrogen-bond acceptors (Lipinski definition) is 7. The number of carbonyl (C=O) groups excluding carboxylic acids is 3. The lowest BCUT2D eigenvalue weighted by Gasteiger charge is -2.23. The van der Waals surface area contributed by atoms with Gasteiger partial charge in [-0.1, -0.05) is 36.1 Å². The summed E-state index contributed by atoms with van der Waals surface area (Å²) in [6.07, 6.45) is 7.60. The molecule has 1 atom stereocenters. The predicted octanol–water partition coefficient (Wildman–Crippen LogP) is 4.65. The number of nitrogens with one attached hydrogen (secondary N) is 1. The van der Waals surface area contributed by atoms with E-state index < -0.39 is 23.4 Å². The molecule has 1 N–H and O–H groups in total. The third-order valence-corrected chi connectivity index (χ3v) is 7.61. The summed E-state index contributed by atoms with van der Waals surface area (Å²) in [5, 5.41) is 8.11. The molecule has 1 aromatic carbocycles. The molecule has 0 aliphatic carbocycles. The SMILES string of the molecule is C=CC1=C(/C=C\C)C(=O)N(CC(Cc2cc(F)cc(F)c2)NC)C1=O.Cc1cnn2c1-c1cc(C=O)sc1OCC2. The number of halogens is 2. The lowest BCUT2D eigenvalue weighted by atomic mass is 10.0. The smallest absolute Gasteiger partial charge is 0.261 e. The Morgan fingerprint density at radius 1 is 1.17 bits per heavy atom. The Morgan fingerprint density at radius 2 is 1.88 bits per heavy atom. The minimum Gasteiger partial charge on any atom is -0.481 e. The molecular weight excluding hydrogens is 550 g/mol. The van der Waals surface area contributed by atoms with Gasteiger partial charge in [-0.15, -0.1) is 0 Å². The number of nitrogens with zero attached hydrogens (tertiary/aromatic N) is 3. The number of aryl methyl sites for hydroxylation is 1. The van der Waals surface area contributed by atoms with Gasteiger partial charge in [-0.05, 0) is 56.6 Å². The number of imide groups is 1. The van der Waals surface area contributed by atoms with Crippen molar-refractivity contribution in [3.63, 3.8) is 0 Å². The molecule has 0 spiro atoms. The number of aromatic nitrogens is 2. The molecule has 0 saturated heterocycles. The molecule has 2 aliphatic rings. The van der Waals surface area contributed by atoms with E-state index in [4.69, 9.17) is 4.74 Å². The van der Waals surface area contributed by atoms with Crippen LogP contribution in [-0.4, -0.2) is 59.0 Å². The third-order valence-electron chi connectivity index (χ3n) is 6.64. The van der Waals surface area contributed by atoms with Crippen LogP contribution in [0.2, 0.25) is 0 Å². The second-order valence-corrected chi connectivity index (χ2v) is 10.5. The van der Waals surface area contributed by atoms with Gasteiger partial charge in [0.2, 0.25) is 0 Å². The van der Waals surface area contributed by atoms with Gasteiger partial charge in [0.25, 0.3) is 11.8 Å². The first kappa shape index (κ1) is 29.8. The summed E-state index contributed by atoms with van der Waals surface area (Å²) < 4.78 is 34.2. The number of benzene rings is 1. The first-order valence-electron chi connectivity index (χ1n) is 12.9. The van der Waals surface area contributed by atoms with Gasteiger partial charge in [-0.2, -0.15) is 5.10 Å². The zero-order chi connectivity index (χ0) is 29.7. The van der Waals surface area contributed by atoms with Crippen molar-refractivity contribution in [2.24, 2.45) is 0 Å². The summed E-state index contributed by atoms with van der Waals surface area (Å²) in [6.45, 7) is 8.80. The molecule has 1 unspecified atom stereocenters. The number of likely N-dealkylation sites (N-methyl/N-ethyl adjacent to an activating group) is 1. The minimum atomic E-state index is -0.663. The van der Waals surface area contributed by atoms with Crippen molar-refractivity contribution in [1.29, 1.82) is 0 Å². The van der Waals surface area contributed by atoms with E-state index in [2.05, 4.69) is 17.0 Å². The van der Waals surface area contributed by atoms with Crippen LogP contribution in [0.25, 0.3) is 11.3 Å². The normalized spacial score (nSPS) is 15.2. The molecule has 0 saturated carbocycles. The Morgan fingerprint density at radius 3 is 2.51 bits per heavy atom. The average Bonchev–Trinajstić information content (AvgIpc) is 3.54. The van der Waals surface area contributed by atoms with Crippen molar-refractivity contribution in [3.05, 3.63) is 94.1 Å².